The molecule has 0 bridgehead atoms. The Morgan fingerprint density at radius 3 is 1.45 bits per heavy atom. The molecule has 0 aliphatic rings. The second-order valence-electron chi connectivity index (χ2n) is 17.6. The number of nitriles is 2. The van der Waals surface area contributed by atoms with Crippen molar-refractivity contribution in [3.8, 4) is 45.8 Å². The first-order valence-electron chi connectivity index (χ1n) is 20.0. The Labute approximate surface area is 347 Å². The fraction of sp³-hybridized carbons (Fsp3) is 0.170. The predicted molar refractivity (Wildman–Crippen MR) is 238 cm³/mol. The zero-order chi connectivity index (χ0) is 42.3. The van der Waals surface area contributed by atoms with Crippen LogP contribution in [0, 0.1) is 22.7 Å². The number of para-hydroxylation sites is 2. The van der Waals surface area contributed by atoms with Crippen molar-refractivity contribution >= 4 is 43.6 Å². The number of benzene rings is 7. The number of aromatic nitrogens is 2. The van der Waals surface area contributed by atoms with E-state index >= 15 is 0 Å². The molecule has 4 nitrogen and oxygen atoms in total. The molecule has 0 atom stereocenters. The van der Waals surface area contributed by atoms with E-state index in [4.69, 9.17) is 0 Å². The molecule has 0 aliphatic carbocycles. The molecule has 0 radical (unpaired) electrons. The Bertz CT molecular complexity index is 3300. The van der Waals surface area contributed by atoms with Gasteiger partial charge in [0, 0.05) is 32.7 Å². The second-order valence-corrected chi connectivity index (χ2v) is 17.6. The lowest BCUT2D eigenvalue weighted by atomic mass is 9.86. The summed E-state index contributed by atoms with van der Waals surface area (Å²) in [6.07, 6.45) is -4.71. The van der Waals surface area contributed by atoms with Crippen LogP contribution in [-0.4, -0.2) is 9.13 Å². The lowest BCUT2D eigenvalue weighted by molar-refractivity contribution is -0.137. The Balaban J connectivity index is 1.42. The maximum absolute atomic E-state index is 14.8. The highest BCUT2D eigenvalue weighted by Crippen LogP contribution is 2.45. The van der Waals surface area contributed by atoms with Crippen LogP contribution in [0.3, 0.4) is 0 Å². The van der Waals surface area contributed by atoms with E-state index in [0.29, 0.717) is 16.8 Å². The largest absolute Gasteiger partial charge is 0.417 e. The van der Waals surface area contributed by atoms with Crippen LogP contribution < -0.4 is 0 Å². The third-order valence-corrected chi connectivity index (χ3v) is 11.7. The molecule has 0 spiro atoms. The summed E-state index contributed by atoms with van der Waals surface area (Å²) in [6.45, 7) is 13.1. The summed E-state index contributed by atoms with van der Waals surface area (Å²) in [6, 6.07) is 48.4. The maximum atomic E-state index is 14.8. The van der Waals surface area contributed by atoms with Crippen LogP contribution in [-0.2, 0) is 17.0 Å². The minimum Gasteiger partial charge on any atom is -0.309 e. The minimum absolute atomic E-state index is 0.0341. The zero-order valence-electron chi connectivity index (χ0n) is 34.2. The van der Waals surface area contributed by atoms with Crippen molar-refractivity contribution in [1.29, 1.82) is 10.5 Å². The van der Waals surface area contributed by atoms with Crippen molar-refractivity contribution in [2.75, 3.05) is 0 Å². The van der Waals surface area contributed by atoms with Crippen LogP contribution in [0.4, 0.5) is 13.2 Å². The lowest BCUT2D eigenvalue weighted by Crippen LogP contribution is -2.10. The smallest absolute Gasteiger partial charge is 0.309 e. The molecule has 0 saturated carbocycles. The first kappa shape index (κ1) is 38.4. The molecule has 294 valence electrons. The number of hydrogen-bond donors (Lipinski definition) is 0. The van der Waals surface area contributed by atoms with Crippen LogP contribution in [0.15, 0.2) is 140 Å². The molecule has 0 amide bonds. The summed E-state index contributed by atoms with van der Waals surface area (Å²) in [5.74, 6) is 0. The summed E-state index contributed by atoms with van der Waals surface area (Å²) in [5, 5.41) is 24.1. The van der Waals surface area contributed by atoms with Gasteiger partial charge in [0.1, 0.15) is 0 Å². The fourth-order valence-electron chi connectivity index (χ4n) is 8.63. The highest BCUT2D eigenvalue weighted by atomic mass is 19.4. The van der Waals surface area contributed by atoms with Gasteiger partial charge in [-0.1, -0.05) is 108 Å². The van der Waals surface area contributed by atoms with Crippen LogP contribution in [0.5, 0.6) is 0 Å². The molecule has 7 aromatic carbocycles. The van der Waals surface area contributed by atoms with Gasteiger partial charge in [-0.3, -0.25) is 0 Å². The lowest BCUT2D eigenvalue weighted by Gasteiger charge is -2.22. The van der Waals surface area contributed by atoms with E-state index in [-0.39, 0.29) is 22.0 Å². The van der Waals surface area contributed by atoms with Crippen LogP contribution >= 0.6 is 0 Å². The Kier molecular flexibility index (Phi) is 8.81. The van der Waals surface area contributed by atoms with Crippen LogP contribution in [0.25, 0.3) is 77.2 Å². The number of fused-ring (bicyclic) bond motifs is 6. The Morgan fingerprint density at radius 2 is 0.917 bits per heavy atom. The van der Waals surface area contributed by atoms with E-state index in [0.717, 1.165) is 72.1 Å². The first-order valence-corrected chi connectivity index (χ1v) is 20.0. The van der Waals surface area contributed by atoms with Crippen molar-refractivity contribution in [1.82, 2.24) is 9.13 Å². The quantitative estimate of drug-likeness (QED) is 0.178. The van der Waals surface area contributed by atoms with Crippen LogP contribution in [0.2, 0.25) is 0 Å². The van der Waals surface area contributed by atoms with Gasteiger partial charge in [0.05, 0.1) is 62.3 Å². The second kappa shape index (κ2) is 13.8. The van der Waals surface area contributed by atoms with Gasteiger partial charge < -0.3 is 9.13 Å². The van der Waals surface area contributed by atoms with Crippen molar-refractivity contribution in [3.63, 3.8) is 0 Å². The van der Waals surface area contributed by atoms with E-state index in [9.17, 15) is 23.7 Å². The van der Waals surface area contributed by atoms with Gasteiger partial charge in [-0.2, -0.15) is 23.7 Å². The highest BCUT2D eigenvalue weighted by Gasteiger charge is 2.34. The van der Waals surface area contributed by atoms with Gasteiger partial charge in [-0.05, 0) is 106 Å². The third-order valence-electron chi connectivity index (χ3n) is 11.7. The molecule has 0 aliphatic heterocycles. The summed E-state index contributed by atoms with van der Waals surface area (Å²) in [7, 11) is 0. The van der Waals surface area contributed by atoms with E-state index < -0.39 is 11.7 Å². The molecule has 0 unspecified atom stereocenters. The maximum Gasteiger partial charge on any atom is 0.417 e. The zero-order valence-corrected chi connectivity index (χ0v) is 34.2. The molecule has 0 N–H and O–H groups in total. The van der Waals surface area contributed by atoms with Gasteiger partial charge in [0.2, 0.25) is 0 Å². The number of alkyl halides is 3. The third kappa shape index (κ3) is 6.30. The molecule has 2 heterocycles. The van der Waals surface area contributed by atoms with E-state index in [1.54, 1.807) is 6.07 Å². The van der Waals surface area contributed by atoms with Crippen molar-refractivity contribution < 1.29 is 13.2 Å². The summed E-state index contributed by atoms with van der Waals surface area (Å²) in [4.78, 5) is 0. The normalized spacial score (nSPS) is 12.4. The Hall–Kier alpha value is -7.09. The molecule has 0 saturated heterocycles. The number of rotatable bonds is 4. The summed E-state index contributed by atoms with van der Waals surface area (Å²) < 4.78 is 48.8. The van der Waals surface area contributed by atoms with Crippen molar-refractivity contribution in [2.45, 2.75) is 58.5 Å². The van der Waals surface area contributed by atoms with Gasteiger partial charge >= 0.3 is 6.18 Å². The molecule has 9 aromatic rings. The molecule has 2 aromatic heterocycles. The van der Waals surface area contributed by atoms with Crippen molar-refractivity contribution in [2.24, 2.45) is 0 Å². The minimum atomic E-state index is -4.71. The van der Waals surface area contributed by atoms with Gasteiger partial charge in [0.15, 0.2) is 0 Å². The monoisotopic (exact) mass is 790 g/mol. The SMILES string of the molecule is CC(C)(C)c1ccc2c(c1)c1ccccc1n2-c1ccc(C#N)cc1-c1ccc(-c2ccc(C#N)cc2C(F)(F)F)cc1-n1c2ccccc2c2cc(C(C)(C)C)ccc21. The molecule has 60 heavy (non-hydrogen) atoms. The number of nitrogens with zero attached hydrogens (tertiary/aromatic N) is 4. The summed E-state index contributed by atoms with van der Waals surface area (Å²) >= 11 is 0. The van der Waals surface area contributed by atoms with Crippen LogP contribution in [0.1, 0.15) is 69.4 Å². The van der Waals surface area contributed by atoms with Crippen molar-refractivity contribution in [3.05, 3.63) is 167 Å². The average Bonchev–Trinajstić information content (AvgIpc) is 3.74. The van der Waals surface area contributed by atoms with E-state index in [2.05, 4.69) is 111 Å². The number of hydrogen-bond acceptors (Lipinski definition) is 2. The van der Waals surface area contributed by atoms with Gasteiger partial charge in [-0.25, -0.2) is 0 Å². The number of halogens is 3. The standard InChI is InChI=1S/C53H41F3N4/c1-51(2,3)35-18-23-48-42(28-35)38-11-7-9-13-45(38)59(48)47-22-16-32(30-57)25-41(47)40-21-17-34(37-20-15-33(31-58)26-44(37)53(54,55)56)27-50(40)60-46-14-10-8-12-39(46)43-29-36(52(4,5)6)19-24-49(43)60/h7-29H,1-6H3. The van der Waals surface area contributed by atoms with Gasteiger partial charge in [-0.15, -0.1) is 0 Å². The van der Waals surface area contributed by atoms with E-state index in [1.807, 2.05) is 66.7 Å². The van der Waals surface area contributed by atoms with E-state index in [1.165, 1.54) is 17.7 Å². The molecule has 9 rings (SSSR count). The average molecular weight is 791 g/mol. The molecule has 0 fully saturated rings. The topological polar surface area (TPSA) is 57.4 Å². The fourth-order valence-corrected chi connectivity index (χ4v) is 8.63. The molecular weight excluding hydrogens is 750 g/mol. The first-order chi connectivity index (χ1) is 28.6. The summed E-state index contributed by atoms with van der Waals surface area (Å²) in [5.41, 5.74) is 8.65. The molecule has 7 heteroatoms. The predicted octanol–water partition coefficient (Wildman–Crippen LogP) is 14.6. The molecular formula is C53H41F3N4. The van der Waals surface area contributed by atoms with Gasteiger partial charge in [0.25, 0.3) is 0 Å². The highest BCUT2D eigenvalue weighted by molar-refractivity contribution is 6.12. The Morgan fingerprint density at radius 1 is 0.433 bits per heavy atom.